The van der Waals surface area contributed by atoms with E-state index in [1.54, 1.807) is 0 Å². The Bertz CT molecular complexity index is 1110. The fraction of sp³-hybridized carbons (Fsp3) is 0.0370. The summed E-state index contributed by atoms with van der Waals surface area (Å²) in [4.78, 5) is 2.52. The molecule has 0 unspecified atom stereocenters. The van der Waals surface area contributed by atoms with Crippen LogP contribution in [0.2, 0.25) is 0 Å². The Morgan fingerprint density at radius 1 is 0.517 bits per heavy atom. The number of rotatable bonds is 5. The molecule has 0 saturated heterocycles. The van der Waals surface area contributed by atoms with Crippen molar-refractivity contribution in [2.45, 2.75) is 6.16 Å². The molecule has 0 N–H and O–H groups in total. The van der Waals surface area contributed by atoms with Crippen molar-refractivity contribution in [3.8, 4) is 0 Å². The first-order chi connectivity index (χ1) is 14.4. The Balaban J connectivity index is 1.80. The van der Waals surface area contributed by atoms with Crippen LogP contribution in [0.5, 0.6) is 0 Å². The van der Waals surface area contributed by atoms with Gasteiger partial charge in [0.05, 0.1) is 0 Å². The van der Waals surface area contributed by atoms with E-state index in [2.05, 4.69) is 120 Å². The standard InChI is InChI=1S/C27H22PSe/c1-4-12-23(13-5-1)28(24-14-6-2-7-15-24,25-16-8-3-9-17-25)20-22-21-29-27-19-11-10-18-26(22)27/h1-19,21H,20H2/q+1. The maximum absolute atomic E-state index is 2.52. The SMILES string of the molecule is c1ccc([P+](Cc2c[se]c3ccccc23)(c2ccccc2)c2ccccc2)cc1. The van der Waals surface area contributed by atoms with E-state index in [-0.39, 0.29) is 0 Å². The van der Waals surface area contributed by atoms with Gasteiger partial charge in [0.25, 0.3) is 0 Å². The monoisotopic (exact) mass is 457 g/mol. The van der Waals surface area contributed by atoms with Crippen LogP contribution >= 0.6 is 7.26 Å². The molecule has 1 aromatic heterocycles. The summed E-state index contributed by atoms with van der Waals surface area (Å²) in [6, 6.07) is 42.5. The van der Waals surface area contributed by atoms with Crippen LogP contribution in [-0.4, -0.2) is 14.5 Å². The molecule has 0 aliphatic rings. The van der Waals surface area contributed by atoms with Gasteiger partial charge in [-0.25, -0.2) is 0 Å². The molecule has 0 nitrogen and oxygen atoms in total. The van der Waals surface area contributed by atoms with Gasteiger partial charge in [0.2, 0.25) is 0 Å². The van der Waals surface area contributed by atoms with Gasteiger partial charge in [-0.05, 0) is 0 Å². The summed E-state index contributed by atoms with van der Waals surface area (Å²) in [7, 11) is -1.82. The summed E-state index contributed by atoms with van der Waals surface area (Å²) >= 11 is 0.436. The van der Waals surface area contributed by atoms with Crippen LogP contribution in [0.4, 0.5) is 0 Å². The fourth-order valence-electron chi connectivity index (χ4n) is 4.18. The van der Waals surface area contributed by atoms with Gasteiger partial charge in [0.1, 0.15) is 0 Å². The van der Waals surface area contributed by atoms with Crippen LogP contribution in [0.15, 0.2) is 120 Å². The second-order valence-corrected chi connectivity index (χ2v) is 12.6. The minimum atomic E-state index is -1.82. The van der Waals surface area contributed by atoms with Crippen molar-refractivity contribution in [3.05, 3.63) is 126 Å². The molecule has 0 aliphatic carbocycles. The zero-order valence-electron chi connectivity index (χ0n) is 16.1. The van der Waals surface area contributed by atoms with E-state index in [1.165, 1.54) is 31.1 Å². The van der Waals surface area contributed by atoms with Crippen LogP contribution in [0, 0.1) is 0 Å². The van der Waals surface area contributed by atoms with E-state index in [1.807, 2.05) is 0 Å². The molecule has 0 amide bonds. The molecular formula is C27H22PSe+. The number of hydrogen-bond acceptors (Lipinski definition) is 0. The molecule has 0 bridgehead atoms. The third-order valence-electron chi connectivity index (χ3n) is 5.56. The second-order valence-electron chi connectivity index (χ2n) is 7.23. The molecule has 140 valence electrons. The molecule has 29 heavy (non-hydrogen) atoms. The molecule has 0 aliphatic heterocycles. The predicted molar refractivity (Wildman–Crippen MR) is 130 cm³/mol. The van der Waals surface area contributed by atoms with Crippen LogP contribution < -0.4 is 15.9 Å². The van der Waals surface area contributed by atoms with E-state index in [0.717, 1.165) is 6.16 Å². The minimum absolute atomic E-state index is 0.436. The van der Waals surface area contributed by atoms with E-state index < -0.39 is 7.26 Å². The predicted octanol–water partition coefficient (Wildman–Crippen LogP) is 5.39. The first-order valence-electron chi connectivity index (χ1n) is 9.88. The van der Waals surface area contributed by atoms with Crippen molar-refractivity contribution >= 4 is 47.3 Å². The van der Waals surface area contributed by atoms with Crippen molar-refractivity contribution in [2.75, 3.05) is 0 Å². The third-order valence-corrected chi connectivity index (χ3v) is 12.0. The quantitative estimate of drug-likeness (QED) is 0.246. The van der Waals surface area contributed by atoms with Crippen LogP contribution in [0.25, 0.3) is 9.65 Å². The Morgan fingerprint density at radius 3 is 1.48 bits per heavy atom. The molecule has 0 fully saturated rings. The molecule has 0 saturated carbocycles. The van der Waals surface area contributed by atoms with Gasteiger partial charge in [-0.2, -0.15) is 0 Å². The number of fused-ring (bicyclic) bond motifs is 1. The van der Waals surface area contributed by atoms with Crippen LogP contribution in [0.1, 0.15) is 5.56 Å². The first kappa shape index (κ1) is 18.6. The average Bonchev–Trinajstić information content (AvgIpc) is 3.22. The van der Waals surface area contributed by atoms with E-state index >= 15 is 0 Å². The number of benzene rings is 4. The molecule has 5 rings (SSSR count). The second kappa shape index (κ2) is 8.13. The molecule has 0 spiro atoms. The molecule has 5 aromatic rings. The van der Waals surface area contributed by atoms with Crippen molar-refractivity contribution < 1.29 is 0 Å². The summed E-state index contributed by atoms with van der Waals surface area (Å²) in [6.07, 6.45) is 1.07. The van der Waals surface area contributed by atoms with Gasteiger partial charge in [0, 0.05) is 0 Å². The first-order valence-corrected chi connectivity index (χ1v) is 13.7. The maximum atomic E-state index is 2.52. The van der Waals surface area contributed by atoms with Crippen molar-refractivity contribution in [1.29, 1.82) is 0 Å². The van der Waals surface area contributed by atoms with E-state index in [9.17, 15) is 0 Å². The van der Waals surface area contributed by atoms with Crippen molar-refractivity contribution in [1.82, 2.24) is 0 Å². The molecule has 1 heterocycles. The van der Waals surface area contributed by atoms with E-state index in [4.69, 9.17) is 0 Å². The van der Waals surface area contributed by atoms with Crippen LogP contribution in [0.3, 0.4) is 0 Å². The fourth-order valence-corrected chi connectivity index (χ4v) is 10.7. The summed E-state index contributed by atoms with van der Waals surface area (Å²) in [5.41, 5.74) is 1.52. The molecule has 0 atom stereocenters. The summed E-state index contributed by atoms with van der Waals surface area (Å²) in [5, 5.41) is 5.82. The molecular weight excluding hydrogens is 434 g/mol. The average molecular weight is 456 g/mol. The summed E-state index contributed by atoms with van der Waals surface area (Å²) < 4.78 is 1.52. The zero-order valence-corrected chi connectivity index (χ0v) is 18.7. The van der Waals surface area contributed by atoms with Crippen molar-refractivity contribution in [3.63, 3.8) is 0 Å². The third kappa shape index (κ3) is 3.41. The molecule has 2 heteroatoms. The van der Waals surface area contributed by atoms with Gasteiger partial charge in [-0.3, -0.25) is 0 Å². The topological polar surface area (TPSA) is 0 Å². The van der Waals surface area contributed by atoms with Crippen LogP contribution in [-0.2, 0) is 6.16 Å². The molecule has 4 aromatic carbocycles. The van der Waals surface area contributed by atoms with Gasteiger partial charge in [0.15, 0.2) is 0 Å². The number of hydrogen-bond donors (Lipinski definition) is 0. The van der Waals surface area contributed by atoms with Gasteiger partial charge >= 0.3 is 179 Å². The van der Waals surface area contributed by atoms with Gasteiger partial charge in [-0.15, -0.1) is 0 Å². The van der Waals surface area contributed by atoms with E-state index in [0.29, 0.717) is 14.5 Å². The summed E-state index contributed by atoms with van der Waals surface area (Å²) in [5.74, 6) is 0. The Hall–Kier alpha value is -2.43. The van der Waals surface area contributed by atoms with Gasteiger partial charge < -0.3 is 0 Å². The Morgan fingerprint density at radius 2 is 0.966 bits per heavy atom. The van der Waals surface area contributed by atoms with Gasteiger partial charge in [-0.1, -0.05) is 0 Å². The Kier molecular flexibility index (Phi) is 5.21. The molecule has 0 radical (unpaired) electrons. The summed E-state index contributed by atoms with van der Waals surface area (Å²) in [6.45, 7) is 0. The van der Waals surface area contributed by atoms with Crippen molar-refractivity contribution in [2.24, 2.45) is 0 Å². The normalized spacial score (nSPS) is 11.6. The zero-order chi connectivity index (χ0) is 19.5. The Labute approximate surface area is 178 Å².